The van der Waals surface area contributed by atoms with Gasteiger partial charge in [-0.25, -0.2) is 0 Å². The van der Waals surface area contributed by atoms with Gasteiger partial charge in [0.25, 0.3) is 0 Å². The summed E-state index contributed by atoms with van der Waals surface area (Å²) in [5.41, 5.74) is 0. The van der Waals surface area contributed by atoms with E-state index in [1.807, 2.05) is 20.8 Å². The number of hydrogen-bond acceptors (Lipinski definition) is 4. The molecule has 0 atom stereocenters. The Labute approximate surface area is 142 Å². The number of hydrogen-bond donors (Lipinski definition) is 0. The van der Waals surface area contributed by atoms with E-state index in [0.29, 0.717) is 19.8 Å². The first-order chi connectivity index (χ1) is 10.0. The molecule has 0 aromatic heterocycles. The van der Waals surface area contributed by atoms with Crippen molar-refractivity contribution in [2.45, 2.75) is 72.5 Å². The van der Waals surface area contributed by atoms with Crippen LogP contribution in [-0.4, -0.2) is 55.9 Å². The maximum Gasteiger partial charge on any atom is 0.500 e. The molecule has 0 fully saturated rings. The van der Waals surface area contributed by atoms with E-state index in [9.17, 15) is 0 Å². The van der Waals surface area contributed by atoms with Crippen molar-refractivity contribution in [2.75, 3.05) is 26.4 Å². The van der Waals surface area contributed by atoms with Gasteiger partial charge in [0.2, 0.25) is 0 Å². The molecule has 0 heterocycles. The predicted octanol–water partition coefficient (Wildman–Crippen LogP) is 4.40. The van der Waals surface area contributed by atoms with Crippen molar-refractivity contribution in [1.29, 1.82) is 0 Å². The molecule has 0 aliphatic carbocycles. The molecule has 0 amide bonds. The van der Waals surface area contributed by atoms with Gasteiger partial charge in [0, 0.05) is 25.9 Å². The summed E-state index contributed by atoms with van der Waals surface area (Å²) in [6.45, 7) is 23.9. The summed E-state index contributed by atoms with van der Waals surface area (Å²) in [4.78, 5) is 0. The molecule has 0 unspecified atom stereocenters. The van der Waals surface area contributed by atoms with Gasteiger partial charge in [-0.2, -0.15) is 0 Å². The van der Waals surface area contributed by atoms with Crippen molar-refractivity contribution in [3.8, 4) is 0 Å². The molecule has 0 aliphatic heterocycles. The molecule has 0 N–H and O–H groups in total. The Bertz CT molecular complexity index is 272. The highest BCUT2D eigenvalue weighted by Crippen LogP contribution is 2.23. The third-order valence-corrected chi connectivity index (χ3v) is 14.4. The van der Waals surface area contributed by atoms with Crippen LogP contribution in [0.5, 0.6) is 0 Å². The van der Waals surface area contributed by atoms with Crippen molar-refractivity contribution in [2.24, 2.45) is 0 Å². The minimum absolute atomic E-state index is 0.665. The second kappa shape index (κ2) is 9.71. The van der Waals surface area contributed by atoms with E-state index in [2.05, 4.69) is 43.5 Å². The second-order valence-electron chi connectivity index (χ2n) is 7.58. The quantitative estimate of drug-likeness (QED) is 0.480. The van der Waals surface area contributed by atoms with E-state index < -0.39 is 25.3 Å². The van der Waals surface area contributed by atoms with Crippen LogP contribution in [0, 0.1) is 0 Å². The summed E-state index contributed by atoms with van der Waals surface area (Å²) < 4.78 is 20.7. The van der Waals surface area contributed by atoms with Crippen molar-refractivity contribution in [3.05, 3.63) is 0 Å². The van der Waals surface area contributed by atoms with Crippen LogP contribution in [0.2, 0.25) is 45.3 Å². The van der Waals surface area contributed by atoms with Crippen LogP contribution in [0.3, 0.4) is 0 Å². The van der Waals surface area contributed by atoms with E-state index in [1.165, 1.54) is 0 Å². The SMILES string of the molecule is CCO[Si](CCCN([Si](C)(C)C)[Si](C)(C)C)(OCC)OCC. The average molecular weight is 366 g/mol. The minimum Gasteiger partial charge on any atom is -0.374 e. The molecule has 0 saturated heterocycles. The Kier molecular flexibility index (Phi) is 9.92. The van der Waals surface area contributed by atoms with Gasteiger partial charge < -0.3 is 17.5 Å². The van der Waals surface area contributed by atoms with E-state index >= 15 is 0 Å². The standard InChI is InChI=1S/C15H39NO3Si3/c1-10-17-22(18-11-2,19-12-3)15-13-14-16(20(4,5)6)21(7,8)9/h10-15H2,1-9H3. The van der Waals surface area contributed by atoms with Crippen molar-refractivity contribution in [3.63, 3.8) is 0 Å². The molecule has 4 nitrogen and oxygen atoms in total. The normalized spacial score (nSPS) is 13.9. The first-order valence-electron chi connectivity index (χ1n) is 8.72. The van der Waals surface area contributed by atoms with Crippen molar-refractivity contribution < 1.29 is 13.3 Å². The molecule has 0 saturated carbocycles. The van der Waals surface area contributed by atoms with Gasteiger partial charge in [-0.15, -0.1) is 0 Å². The smallest absolute Gasteiger partial charge is 0.374 e. The fraction of sp³-hybridized carbons (Fsp3) is 1.00. The Morgan fingerprint density at radius 2 is 1.05 bits per heavy atom. The molecule has 0 spiro atoms. The third-order valence-electron chi connectivity index (χ3n) is 3.58. The predicted molar refractivity (Wildman–Crippen MR) is 103 cm³/mol. The summed E-state index contributed by atoms with van der Waals surface area (Å²) in [6.07, 6.45) is 1.10. The Balaban J connectivity index is 4.83. The maximum atomic E-state index is 5.96. The lowest BCUT2D eigenvalue weighted by atomic mass is 10.5. The zero-order valence-corrected chi connectivity index (χ0v) is 19.4. The maximum absolute atomic E-state index is 5.96. The molecule has 0 rings (SSSR count). The van der Waals surface area contributed by atoms with Crippen LogP contribution in [0.4, 0.5) is 0 Å². The molecular formula is C15H39NO3Si3. The summed E-state index contributed by atoms with van der Waals surface area (Å²) >= 11 is 0. The molecule has 0 aromatic rings. The highest BCUT2D eigenvalue weighted by Gasteiger charge is 2.41. The molecule has 22 heavy (non-hydrogen) atoms. The van der Waals surface area contributed by atoms with Crippen LogP contribution < -0.4 is 0 Å². The monoisotopic (exact) mass is 365 g/mol. The first-order valence-corrected chi connectivity index (χ1v) is 17.5. The average Bonchev–Trinajstić information content (AvgIpc) is 2.32. The van der Waals surface area contributed by atoms with E-state index in [-0.39, 0.29) is 0 Å². The van der Waals surface area contributed by atoms with Crippen LogP contribution in [0.25, 0.3) is 0 Å². The molecule has 0 bridgehead atoms. The van der Waals surface area contributed by atoms with Gasteiger partial charge in [0.15, 0.2) is 0 Å². The van der Waals surface area contributed by atoms with E-state index in [4.69, 9.17) is 13.3 Å². The fourth-order valence-corrected chi connectivity index (χ4v) is 15.4. The largest absolute Gasteiger partial charge is 0.500 e. The highest BCUT2D eigenvalue weighted by atomic mass is 28.4. The number of nitrogens with zero attached hydrogens (tertiary/aromatic N) is 1. The van der Waals surface area contributed by atoms with Gasteiger partial charge in [-0.3, -0.25) is 0 Å². The van der Waals surface area contributed by atoms with Gasteiger partial charge in [0.05, 0.1) is 0 Å². The van der Waals surface area contributed by atoms with E-state index in [0.717, 1.165) is 19.0 Å². The van der Waals surface area contributed by atoms with E-state index in [1.54, 1.807) is 0 Å². The molecule has 0 radical (unpaired) electrons. The summed E-state index contributed by atoms with van der Waals surface area (Å²) in [7, 11) is -5.05. The lowest BCUT2D eigenvalue weighted by Crippen LogP contribution is -2.59. The molecule has 7 heteroatoms. The molecule has 0 aliphatic rings. The first kappa shape index (κ1) is 22.5. The van der Waals surface area contributed by atoms with Gasteiger partial charge in [-0.05, 0) is 33.7 Å². The Morgan fingerprint density at radius 1 is 0.682 bits per heavy atom. The lowest BCUT2D eigenvalue weighted by molar-refractivity contribution is 0.0706. The Hall–Kier alpha value is 0.491. The molecular weight excluding hydrogens is 326 g/mol. The van der Waals surface area contributed by atoms with Crippen LogP contribution in [-0.2, 0) is 13.3 Å². The summed E-state index contributed by atoms with van der Waals surface area (Å²) in [5, 5.41) is 0. The fourth-order valence-electron chi connectivity index (χ4n) is 3.13. The second-order valence-corrected chi connectivity index (χ2v) is 20.5. The van der Waals surface area contributed by atoms with Crippen molar-refractivity contribution >= 4 is 25.3 Å². The molecule has 0 aromatic carbocycles. The van der Waals surface area contributed by atoms with Crippen LogP contribution in [0.15, 0.2) is 0 Å². The van der Waals surface area contributed by atoms with Gasteiger partial charge in [-0.1, -0.05) is 39.3 Å². The summed E-state index contributed by atoms with van der Waals surface area (Å²) in [5.74, 6) is 0. The zero-order valence-electron chi connectivity index (χ0n) is 16.4. The van der Waals surface area contributed by atoms with Crippen LogP contribution in [0.1, 0.15) is 27.2 Å². The Morgan fingerprint density at radius 3 is 1.32 bits per heavy atom. The van der Waals surface area contributed by atoms with Crippen LogP contribution >= 0.6 is 0 Å². The minimum atomic E-state index is -2.48. The number of rotatable bonds is 12. The lowest BCUT2D eigenvalue weighted by Gasteiger charge is -2.44. The third kappa shape index (κ3) is 7.85. The highest BCUT2D eigenvalue weighted by molar-refractivity contribution is 6.89. The van der Waals surface area contributed by atoms with Gasteiger partial charge in [0.1, 0.15) is 16.5 Å². The van der Waals surface area contributed by atoms with Crippen molar-refractivity contribution in [1.82, 2.24) is 4.23 Å². The topological polar surface area (TPSA) is 30.9 Å². The summed E-state index contributed by atoms with van der Waals surface area (Å²) in [6, 6.07) is 0.925. The zero-order chi connectivity index (χ0) is 17.4. The van der Waals surface area contributed by atoms with Gasteiger partial charge >= 0.3 is 8.80 Å². The molecule has 134 valence electrons.